The van der Waals surface area contributed by atoms with Gasteiger partial charge in [-0.15, -0.1) is 0 Å². The van der Waals surface area contributed by atoms with Crippen LogP contribution in [0.25, 0.3) is 0 Å². The molecule has 0 bridgehead atoms. The van der Waals surface area contributed by atoms with E-state index in [4.69, 9.17) is 33.7 Å². The summed E-state index contributed by atoms with van der Waals surface area (Å²) in [7, 11) is 0. The molecule has 0 saturated heterocycles. The van der Waals surface area contributed by atoms with E-state index >= 15 is 0 Å². The third kappa shape index (κ3) is 3.18. The Morgan fingerprint density at radius 1 is 1.19 bits per heavy atom. The van der Waals surface area contributed by atoms with E-state index in [2.05, 4.69) is 13.0 Å². The van der Waals surface area contributed by atoms with Crippen LogP contribution < -0.4 is 10.5 Å². The quantitative estimate of drug-likeness (QED) is 0.899. The first-order valence-electron chi connectivity index (χ1n) is 7.02. The summed E-state index contributed by atoms with van der Waals surface area (Å²) in [6.45, 7) is 2.08. The average Bonchev–Trinajstić information content (AvgIpc) is 2.82. The maximum atomic E-state index is 6.33. The van der Waals surface area contributed by atoms with Gasteiger partial charge in [-0.3, -0.25) is 0 Å². The summed E-state index contributed by atoms with van der Waals surface area (Å²) < 4.78 is 5.72. The predicted molar refractivity (Wildman–Crippen MR) is 87.3 cm³/mol. The average molecular weight is 322 g/mol. The SMILES string of the molecule is CC1Cc2cc(C(N)Cc3ccc(Cl)c(Cl)c3)ccc2O1. The van der Waals surface area contributed by atoms with Crippen molar-refractivity contribution >= 4 is 23.2 Å². The number of fused-ring (bicyclic) bond motifs is 1. The van der Waals surface area contributed by atoms with Gasteiger partial charge in [0, 0.05) is 12.5 Å². The van der Waals surface area contributed by atoms with Crippen molar-refractivity contribution < 1.29 is 4.74 Å². The second-order valence-corrected chi connectivity index (χ2v) is 6.37. The van der Waals surface area contributed by atoms with Crippen molar-refractivity contribution in [1.29, 1.82) is 0 Å². The molecular formula is C17H17Cl2NO. The van der Waals surface area contributed by atoms with E-state index in [0.29, 0.717) is 10.0 Å². The number of halogens is 2. The minimum atomic E-state index is -0.0663. The zero-order valence-corrected chi connectivity index (χ0v) is 13.3. The molecule has 0 amide bonds. The molecule has 110 valence electrons. The van der Waals surface area contributed by atoms with Gasteiger partial charge in [-0.2, -0.15) is 0 Å². The van der Waals surface area contributed by atoms with E-state index < -0.39 is 0 Å². The summed E-state index contributed by atoms with van der Waals surface area (Å²) >= 11 is 12.0. The molecule has 0 aromatic heterocycles. The molecule has 2 aromatic carbocycles. The van der Waals surface area contributed by atoms with Crippen molar-refractivity contribution in [3.8, 4) is 5.75 Å². The Kier molecular flexibility index (Phi) is 4.12. The fourth-order valence-corrected chi connectivity index (χ4v) is 3.03. The predicted octanol–water partition coefficient (Wildman–Crippen LogP) is 4.56. The van der Waals surface area contributed by atoms with Crippen LogP contribution >= 0.6 is 23.2 Å². The van der Waals surface area contributed by atoms with Crippen molar-refractivity contribution in [3.05, 3.63) is 63.1 Å². The van der Waals surface area contributed by atoms with Gasteiger partial charge < -0.3 is 10.5 Å². The molecule has 3 rings (SSSR count). The Bertz CT molecular complexity index is 672. The molecule has 2 atom stereocenters. The molecule has 1 heterocycles. The van der Waals surface area contributed by atoms with E-state index in [0.717, 1.165) is 29.7 Å². The van der Waals surface area contributed by atoms with Crippen LogP contribution in [-0.2, 0) is 12.8 Å². The van der Waals surface area contributed by atoms with Gasteiger partial charge in [-0.25, -0.2) is 0 Å². The highest BCUT2D eigenvalue weighted by molar-refractivity contribution is 6.42. The summed E-state index contributed by atoms with van der Waals surface area (Å²) in [6.07, 6.45) is 1.93. The summed E-state index contributed by atoms with van der Waals surface area (Å²) in [4.78, 5) is 0. The molecule has 21 heavy (non-hydrogen) atoms. The molecule has 0 aliphatic carbocycles. The van der Waals surface area contributed by atoms with E-state index in [1.807, 2.05) is 30.3 Å². The Morgan fingerprint density at radius 2 is 2.00 bits per heavy atom. The zero-order chi connectivity index (χ0) is 15.0. The fraction of sp³-hybridized carbons (Fsp3) is 0.294. The highest BCUT2D eigenvalue weighted by Crippen LogP contribution is 2.31. The molecule has 1 aliphatic rings. The largest absolute Gasteiger partial charge is 0.490 e. The number of nitrogens with two attached hydrogens (primary N) is 1. The second-order valence-electron chi connectivity index (χ2n) is 5.56. The van der Waals surface area contributed by atoms with Crippen LogP contribution in [0.15, 0.2) is 36.4 Å². The first kappa shape index (κ1) is 14.7. The van der Waals surface area contributed by atoms with Gasteiger partial charge in [-0.05, 0) is 48.2 Å². The van der Waals surface area contributed by atoms with Gasteiger partial charge in [0.15, 0.2) is 0 Å². The molecular weight excluding hydrogens is 305 g/mol. The number of benzene rings is 2. The van der Waals surface area contributed by atoms with Gasteiger partial charge in [0.1, 0.15) is 11.9 Å². The molecule has 2 nitrogen and oxygen atoms in total. The van der Waals surface area contributed by atoms with Gasteiger partial charge in [0.2, 0.25) is 0 Å². The number of ether oxygens (including phenoxy) is 1. The molecule has 2 unspecified atom stereocenters. The smallest absolute Gasteiger partial charge is 0.123 e. The molecule has 0 fully saturated rings. The first-order chi connectivity index (χ1) is 10.0. The Balaban J connectivity index is 1.78. The standard InChI is InChI=1S/C17H17Cl2NO/c1-10-6-13-9-12(3-5-17(13)21-10)16(20)8-11-2-4-14(18)15(19)7-11/h2-5,7,9-10,16H,6,8,20H2,1H3. The second kappa shape index (κ2) is 5.88. The molecule has 0 spiro atoms. The molecule has 0 radical (unpaired) electrons. The Labute approximate surface area is 134 Å². The van der Waals surface area contributed by atoms with Crippen molar-refractivity contribution in [1.82, 2.24) is 0 Å². The summed E-state index contributed by atoms with van der Waals surface area (Å²) in [6, 6.07) is 11.8. The molecule has 2 aromatic rings. The van der Waals surface area contributed by atoms with Gasteiger partial charge in [0.05, 0.1) is 10.0 Å². The molecule has 1 aliphatic heterocycles. The van der Waals surface area contributed by atoms with Gasteiger partial charge in [0.25, 0.3) is 0 Å². The maximum absolute atomic E-state index is 6.33. The normalized spacial score (nSPS) is 18.2. The van der Waals surface area contributed by atoms with E-state index in [1.54, 1.807) is 0 Å². The van der Waals surface area contributed by atoms with Crippen LogP contribution in [0.2, 0.25) is 10.0 Å². The van der Waals surface area contributed by atoms with Crippen LogP contribution in [-0.4, -0.2) is 6.10 Å². The lowest BCUT2D eigenvalue weighted by molar-refractivity contribution is 0.254. The minimum absolute atomic E-state index is 0.0663. The van der Waals surface area contributed by atoms with Gasteiger partial charge >= 0.3 is 0 Å². The number of hydrogen-bond acceptors (Lipinski definition) is 2. The van der Waals surface area contributed by atoms with Crippen LogP contribution in [0.5, 0.6) is 5.75 Å². The highest BCUT2D eigenvalue weighted by Gasteiger charge is 2.20. The van der Waals surface area contributed by atoms with E-state index in [-0.39, 0.29) is 12.1 Å². The fourth-order valence-electron chi connectivity index (χ4n) is 2.71. The van der Waals surface area contributed by atoms with Crippen LogP contribution in [0.4, 0.5) is 0 Å². The lowest BCUT2D eigenvalue weighted by atomic mass is 9.97. The summed E-state index contributed by atoms with van der Waals surface area (Å²) in [5.41, 5.74) is 9.78. The van der Waals surface area contributed by atoms with Crippen LogP contribution in [0.1, 0.15) is 29.7 Å². The molecule has 2 N–H and O–H groups in total. The van der Waals surface area contributed by atoms with Crippen molar-refractivity contribution in [2.75, 3.05) is 0 Å². The number of rotatable bonds is 3. The lowest BCUT2D eigenvalue weighted by Gasteiger charge is -2.14. The third-order valence-electron chi connectivity index (χ3n) is 3.79. The topological polar surface area (TPSA) is 35.2 Å². The Morgan fingerprint density at radius 3 is 2.76 bits per heavy atom. The van der Waals surface area contributed by atoms with Crippen molar-refractivity contribution in [3.63, 3.8) is 0 Å². The van der Waals surface area contributed by atoms with Crippen molar-refractivity contribution in [2.24, 2.45) is 5.73 Å². The minimum Gasteiger partial charge on any atom is -0.490 e. The maximum Gasteiger partial charge on any atom is 0.123 e. The van der Waals surface area contributed by atoms with Crippen molar-refractivity contribution in [2.45, 2.75) is 31.9 Å². The molecule has 4 heteroatoms. The lowest BCUT2D eigenvalue weighted by Crippen LogP contribution is -2.13. The monoisotopic (exact) mass is 321 g/mol. The third-order valence-corrected chi connectivity index (χ3v) is 4.53. The Hall–Kier alpha value is -1.22. The van der Waals surface area contributed by atoms with E-state index in [1.165, 1.54) is 5.56 Å². The summed E-state index contributed by atoms with van der Waals surface area (Å²) in [5, 5.41) is 1.13. The van der Waals surface area contributed by atoms with E-state index in [9.17, 15) is 0 Å². The summed E-state index contributed by atoms with van der Waals surface area (Å²) in [5.74, 6) is 0.980. The van der Waals surface area contributed by atoms with Crippen LogP contribution in [0, 0.1) is 0 Å². The zero-order valence-electron chi connectivity index (χ0n) is 11.8. The van der Waals surface area contributed by atoms with Crippen LogP contribution in [0.3, 0.4) is 0 Å². The number of hydrogen-bond donors (Lipinski definition) is 1. The van der Waals surface area contributed by atoms with Gasteiger partial charge in [-0.1, -0.05) is 41.4 Å². The highest BCUT2D eigenvalue weighted by atomic mass is 35.5. The first-order valence-corrected chi connectivity index (χ1v) is 7.77. The molecule has 0 saturated carbocycles.